The van der Waals surface area contributed by atoms with Crippen molar-refractivity contribution in [2.45, 2.75) is 26.0 Å². The molecule has 2 aromatic carbocycles. The van der Waals surface area contributed by atoms with E-state index in [1.165, 1.54) is 14.0 Å². The number of amides is 1. The zero-order valence-corrected chi connectivity index (χ0v) is 18.2. The van der Waals surface area contributed by atoms with Gasteiger partial charge in [0.15, 0.2) is 11.5 Å². The first kappa shape index (κ1) is 21.8. The first-order chi connectivity index (χ1) is 14.2. The van der Waals surface area contributed by atoms with Gasteiger partial charge in [0.1, 0.15) is 24.5 Å². The van der Waals surface area contributed by atoms with E-state index in [1.807, 2.05) is 31.2 Å². The van der Waals surface area contributed by atoms with E-state index >= 15 is 0 Å². The van der Waals surface area contributed by atoms with E-state index in [1.54, 1.807) is 18.2 Å². The molecule has 0 aliphatic carbocycles. The minimum absolute atomic E-state index is 0.181. The fourth-order valence-electron chi connectivity index (χ4n) is 3.28. The van der Waals surface area contributed by atoms with Crippen molar-refractivity contribution >= 4 is 21.6 Å². The monoisotopic (exact) mass is 434 g/mol. The lowest BCUT2D eigenvalue weighted by molar-refractivity contribution is -0.122. The molecule has 3 rings (SSSR count). The van der Waals surface area contributed by atoms with Gasteiger partial charge in [-0.3, -0.25) is 9.10 Å². The lowest BCUT2D eigenvalue weighted by Gasteiger charge is -2.31. The second kappa shape index (κ2) is 8.83. The first-order valence-corrected chi connectivity index (χ1v) is 11.4. The highest BCUT2D eigenvalue weighted by Gasteiger charge is 2.32. The molecule has 1 N–H and O–H groups in total. The van der Waals surface area contributed by atoms with Gasteiger partial charge in [0, 0.05) is 0 Å². The molecule has 1 amide bonds. The Morgan fingerprint density at radius 2 is 1.97 bits per heavy atom. The average Bonchev–Trinajstić information content (AvgIpc) is 2.71. The molecule has 0 saturated heterocycles. The third kappa shape index (κ3) is 4.79. The Bertz CT molecular complexity index is 1020. The van der Waals surface area contributed by atoms with Crippen LogP contribution in [0, 0.1) is 6.92 Å². The number of hydrogen-bond acceptors (Lipinski definition) is 6. The number of fused-ring (bicyclic) bond motifs is 1. The summed E-state index contributed by atoms with van der Waals surface area (Å²) in [6.45, 7) is 3.84. The van der Waals surface area contributed by atoms with Crippen LogP contribution in [0.2, 0.25) is 0 Å². The van der Waals surface area contributed by atoms with Crippen LogP contribution in [0.25, 0.3) is 0 Å². The van der Waals surface area contributed by atoms with Crippen molar-refractivity contribution < 1.29 is 27.4 Å². The van der Waals surface area contributed by atoms with Crippen LogP contribution >= 0.6 is 0 Å². The number of aryl methyl sites for hydroxylation is 1. The summed E-state index contributed by atoms with van der Waals surface area (Å²) in [6, 6.07) is 11.5. The maximum absolute atomic E-state index is 12.8. The Hall–Kier alpha value is -2.94. The third-order valence-corrected chi connectivity index (χ3v) is 5.96. The molecule has 2 atom stereocenters. The van der Waals surface area contributed by atoms with Gasteiger partial charge in [-0.1, -0.05) is 18.2 Å². The zero-order chi connectivity index (χ0) is 21.9. The van der Waals surface area contributed by atoms with Crippen LogP contribution in [0.3, 0.4) is 0 Å². The quantitative estimate of drug-likeness (QED) is 0.717. The molecule has 0 aromatic heterocycles. The fraction of sp³-hybridized carbons (Fsp3) is 0.381. The van der Waals surface area contributed by atoms with Crippen LogP contribution in [0.5, 0.6) is 17.2 Å². The Balaban J connectivity index is 1.74. The van der Waals surface area contributed by atoms with E-state index < -0.39 is 22.0 Å². The molecule has 2 aromatic rings. The molecule has 0 unspecified atom stereocenters. The van der Waals surface area contributed by atoms with E-state index in [0.717, 1.165) is 16.1 Å². The predicted molar refractivity (Wildman–Crippen MR) is 114 cm³/mol. The number of carbonyl (C=O) groups excluding carboxylic acids is 1. The van der Waals surface area contributed by atoms with E-state index in [4.69, 9.17) is 14.2 Å². The largest absolute Gasteiger partial charge is 0.495 e. The Morgan fingerprint density at radius 3 is 2.63 bits per heavy atom. The van der Waals surface area contributed by atoms with Crippen LogP contribution in [-0.2, 0) is 14.8 Å². The van der Waals surface area contributed by atoms with Gasteiger partial charge >= 0.3 is 0 Å². The molecule has 0 spiro atoms. The van der Waals surface area contributed by atoms with Crippen LogP contribution in [0.4, 0.5) is 5.69 Å². The summed E-state index contributed by atoms with van der Waals surface area (Å²) in [6.07, 6.45) is 0.685. The number of sulfonamides is 1. The van der Waals surface area contributed by atoms with Gasteiger partial charge in [-0.05, 0) is 43.7 Å². The minimum Gasteiger partial charge on any atom is -0.495 e. The van der Waals surface area contributed by atoms with Gasteiger partial charge in [-0.25, -0.2) is 8.42 Å². The molecule has 0 saturated carbocycles. The number of ether oxygens (including phenoxy) is 3. The number of para-hydroxylation sites is 2. The van der Waals surface area contributed by atoms with Crippen molar-refractivity contribution in [3.05, 3.63) is 48.0 Å². The van der Waals surface area contributed by atoms with Crippen molar-refractivity contribution in [3.63, 3.8) is 0 Å². The Kier molecular flexibility index (Phi) is 6.40. The molecule has 30 heavy (non-hydrogen) atoms. The normalized spacial score (nSPS) is 16.5. The van der Waals surface area contributed by atoms with E-state index in [2.05, 4.69) is 5.32 Å². The molecule has 1 aliphatic heterocycles. The molecule has 0 bridgehead atoms. The lowest BCUT2D eigenvalue weighted by atomic mass is 10.2. The van der Waals surface area contributed by atoms with Crippen molar-refractivity contribution in [2.75, 3.05) is 30.8 Å². The van der Waals surface area contributed by atoms with Gasteiger partial charge in [-0.2, -0.15) is 0 Å². The van der Waals surface area contributed by atoms with Crippen molar-refractivity contribution in [2.24, 2.45) is 0 Å². The number of hydrogen-bond donors (Lipinski definition) is 1. The zero-order valence-electron chi connectivity index (χ0n) is 17.4. The second-order valence-corrected chi connectivity index (χ2v) is 9.01. The van der Waals surface area contributed by atoms with E-state index in [9.17, 15) is 13.2 Å². The summed E-state index contributed by atoms with van der Waals surface area (Å²) in [4.78, 5) is 12.8. The summed E-state index contributed by atoms with van der Waals surface area (Å²) < 4.78 is 43.0. The van der Waals surface area contributed by atoms with E-state index in [-0.39, 0.29) is 19.3 Å². The molecule has 8 nitrogen and oxygen atoms in total. The summed E-state index contributed by atoms with van der Waals surface area (Å²) >= 11 is 0. The predicted octanol–water partition coefficient (Wildman–Crippen LogP) is 2.11. The van der Waals surface area contributed by atoms with Crippen molar-refractivity contribution in [3.8, 4) is 17.2 Å². The van der Waals surface area contributed by atoms with Crippen molar-refractivity contribution in [1.29, 1.82) is 0 Å². The highest BCUT2D eigenvalue weighted by molar-refractivity contribution is 7.92. The molecule has 9 heteroatoms. The number of carbonyl (C=O) groups is 1. The van der Waals surface area contributed by atoms with Gasteiger partial charge in [0.2, 0.25) is 15.9 Å². The van der Waals surface area contributed by atoms with Crippen LogP contribution in [0.15, 0.2) is 42.5 Å². The van der Waals surface area contributed by atoms with Crippen LogP contribution in [0.1, 0.15) is 12.5 Å². The third-order valence-electron chi connectivity index (χ3n) is 4.73. The van der Waals surface area contributed by atoms with Gasteiger partial charge in [-0.15, -0.1) is 0 Å². The summed E-state index contributed by atoms with van der Waals surface area (Å²) in [5.74, 6) is 1.18. The molecule has 0 radical (unpaired) electrons. The molecular formula is C21H26N2O6S. The van der Waals surface area contributed by atoms with Gasteiger partial charge < -0.3 is 19.5 Å². The van der Waals surface area contributed by atoms with Crippen LogP contribution < -0.4 is 23.8 Å². The molecule has 162 valence electrons. The maximum atomic E-state index is 12.8. The lowest BCUT2D eigenvalue weighted by Crippen LogP contribution is -2.50. The number of nitrogens with zero attached hydrogens (tertiary/aromatic N) is 1. The fourth-order valence-corrected chi connectivity index (χ4v) is 4.45. The van der Waals surface area contributed by atoms with Gasteiger partial charge in [0.05, 0.1) is 25.6 Å². The molecule has 1 heterocycles. The second-order valence-electron chi connectivity index (χ2n) is 7.15. The smallest absolute Gasteiger partial charge is 0.243 e. The van der Waals surface area contributed by atoms with E-state index in [0.29, 0.717) is 22.9 Å². The number of rotatable bonds is 7. The topological polar surface area (TPSA) is 94.2 Å². The van der Waals surface area contributed by atoms with Crippen molar-refractivity contribution in [1.82, 2.24) is 5.32 Å². The summed E-state index contributed by atoms with van der Waals surface area (Å²) in [5, 5.41) is 2.77. The Morgan fingerprint density at radius 1 is 1.27 bits per heavy atom. The minimum atomic E-state index is -3.76. The molecule has 1 aliphatic rings. The first-order valence-electron chi connectivity index (χ1n) is 9.51. The standard InChI is InChI=1S/C21H26N2O6S/c1-14-9-10-18(27-3)17(11-14)23(30(4,25)26)15(2)21(24)22-12-16-13-28-19-7-5-6-8-20(19)29-16/h5-11,15-16H,12-13H2,1-4H3,(H,22,24)/t15-,16+/m1/s1. The molecular weight excluding hydrogens is 408 g/mol. The highest BCUT2D eigenvalue weighted by atomic mass is 32.2. The number of methoxy groups -OCH3 is 1. The van der Waals surface area contributed by atoms with Gasteiger partial charge in [0.25, 0.3) is 0 Å². The number of benzene rings is 2. The summed E-state index contributed by atoms with van der Waals surface area (Å²) in [7, 11) is -2.30. The van der Waals surface area contributed by atoms with Crippen LogP contribution in [-0.4, -0.2) is 53.0 Å². The number of anilines is 1. The maximum Gasteiger partial charge on any atom is 0.243 e. The Labute approximate surface area is 176 Å². The molecule has 0 fully saturated rings. The highest BCUT2D eigenvalue weighted by Crippen LogP contribution is 2.33. The average molecular weight is 435 g/mol. The summed E-state index contributed by atoms with van der Waals surface area (Å²) in [5.41, 5.74) is 1.16. The SMILES string of the molecule is COc1ccc(C)cc1N([C@H](C)C(=O)NC[C@H]1COc2ccccc2O1)S(C)(=O)=O. The number of nitrogens with one attached hydrogen (secondary N) is 1.